The van der Waals surface area contributed by atoms with Gasteiger partial charge in [0.2, 0.25) is 0 Å². The maximum absolute atomic E-state index is 11.9. The molecule has 0 spiro atoms. The Labute approximate surface area is 128 Å². The number of carbonyl (C=O) groups is 1. The van der Waals surface area contributed by atoms with Crippen molar-refractivity contribution in [3.05, 3.63) is 42.4 Å². The van der Waals surface area contributed by atoms with Gasteiger partial charge in [-0.05, 0) is 24.1 Å². The second-order valence-corrected chi connectivity index (χ2v) is 5.23. The Kier molecular flexibility index (Phi) is 4.01. The van der Waals surface area contributed by atoms with Crippen molar-refractivity contribution >= 4 is 11.8 Å². The van der Waals surface area contributed by atoms with Crippen LogP contribution in [0.3, 0.4) is 0 Å². The van der Waals surface area contributed by atoms with E-state index in [0.717, 1.165) is 13.0 Å². The van der Waals surface area contributed by atoms with Crippen LogP contribution in [-0.2, 0) is 13.0 Å². The third-order valence-corrected chi connectivity index (χ3v) is 3.61. The van der Waals surface area contributed by atoms with Crippen LogP contribution in [0.4, 0.5) is 10.6 Å². The molecule has 112 valence electrons. The number of likely N-dealkylation sites (tertiary alicyclic amines) is 1. The number of nitriles is 1. The Balaban J connectivity index is 1.49. The zero-order chi connectivity index (χ0) is 15.4. The summed E-state index contributed by atoms with van der Waals surface area (Å²) in [5, 5.41) is 15.8. The van der Waals surface area contributed by atoms with Gasteiger partial charge < -0.3 is 4.90 Å². The largest absolute Gasteiger partial charge is 0.323 e. The molecule has 22 heavy (non-hydrogen) atoms. The Bertz CT molecular complexity index is 684. The van der Waals surface area contributed by atoms with Crippen molar-refractivity contribution in [2.24, 2.45) is 5.92 Å². The molecule has 3 heterocycles. The highest BCUT2D eigenvalue weighted by Crippen LogP contribution is 2.15. The van der Waals surface area contributed by atoms with Crippen molar-refractivity contribution in [2.45, 2.75) is 13.0 Å². The number of carbonyl (C=O) groups excluding carboxylic acids is 1. The first-order chi connectivity index (χ1) is 10.7. The van der Waals surface area contributed by atoms with Gasteiger partial charge in [0.25, 0.3) is 0 Å². The molecule has 0 aromatic carbocycles. The van der Waals surface area contributed by atoms with Crippen molar-refractivity contribution in [2.75, 3.05) is 18.4 Å². The summed E-state index contributed by atoms with van der Waals surface area (Å²) in [4.78, 5) is 17.5. The van der Waals surface area contributed by atoms with Crippen LogP contribution < -0.4 is 5.32 Å². The standard InChI is InChI=1S/C15H16N6O/c16-9-13-10-20(11-13)15(22)18-14-4-8-21(19-14)7-3-12-1-5-17-6-2-12/h1-2,4-6,8,13H,3,7,10-11H2,(H,18,19,22). The third kappa shape index (κ3) is 3.23. The van der Waals surface area contributed by atoms with Crippen LogP contribution in [0.2, 0.25) is 0 Å². The van der Waals surface area contributed by atoms with Gasteiger partial charge in [-0.1, -0.05) is 0 Å². The molecular formula is C15H16N6O. The van der Waals surface area contributed by atoms with E-state index in [-0.39, 0.29) is 11.9 Å². The molecule has 1 aliphatic rings. The van der Waals surface area contributed by atoms with Crippen molar-refractivity contribution in [3.8, 4) is 6.07 Å². The number of hydrogen-bond donors (Lipinski definition) is 1. The number of nitrogens with one attached hydrogen (secondary N) is 1. The molecule has 0 bridgehead atoms. The lowest BCUT2D eigenvalue weighted by atomic mass is 10.0. The van der Waals surface area contributed by atoms with Crippen LogP contribution in [0.15, 0.2) is 36.8 Å². The fraction of sp³-hybridized carbons (Fsp3) is 0.333. The summed E-state index contributed by atoms with van der Waals surface area (Å²) >= 11 is 0. The molecule has 1 saturated heterocycles. The van der Waals surface area contributed by atoms with E-state index >= 15 is 0 Å². The number of amides is 2. The summed E-state index contributed by atoms with van der Waals surface area (Å²) in [5.41, 5.74) is 1.19. The lowest BCUT2D eigenvalue weighted by molar-refractivity contribution is 0.156. The number of aryl methyl sites for hydroxylation is 2. The van der Waals surface area contributed by atoms with E-state index < -0.39 is 0 Å². The third-order valence-electron chi connectivity index (χ3n) is 3.61. The first-order valence-corrected chi connectivity index (χ1v) is 7.12. The molecule has 3 rings (SSSR count). The molecule has 0 unspecified atom stereocenters. The van der Waals surface area contributed by atoms with Gasteiger partial charge in [0, 0.05) is 44.3 Å². The van der Waals surface area contributed by atoms with Crippen molar-refractivity contribution in [3.63, 3.8) is 0 Å². The second kappa shape index (κ2) is 6.26. The minimum atomic E-state index is -0.203. The summed E-state index contributed by atoms with van der Waals surface area (Å²) < 4.78 is 1.80. The van der Waals surface area contributed by atoms with E-state index in [1.54, 1.807) is 28.0 Å². The van der Waals surface area contributed by atoms with Crippen molar-refractivity contribution in [1.82, 2.24) is 19.7 Å². The van der Waals surface area contributed by atoms with Crippen LogP contribution in [0.5, 0.6) is 0 Å². The number of aromatic nitrogens is 3. The monoisotopic (exact) mass is 296 g/mol. The van der Waals surface area contributed by atoms with Crippen LogP contribution in [-0.4, -0.2) is 38.8 Å². The maximum Gasteiger partial charge on any atom is 0.323 e. The zero-order valence-electron chi connectivity index (χ0n) is 12.0. The topological polar surface area (TPSA) is 86.8 Å². The first-order valence-electron chi connectivity index (χ1n) is 7.12. The maximum atomic E-state index is 11.9. The Morgan fingerprint density at radius 1 is 1.36 bits per heavy atom. The highest BCUT2D eigenvalue weighted by atomic mass is 16.2. The van der Waals surface area contributed by atoms with Crippen LogP contribution >= 0.6 is 0 Å². The van der Waals surface area contributed by atoms with Gasteiger partial charge >= 0.3 is 6.03 Å². The first kappa shape index (κ1) is 14.1. The zero-order valence-corrected chi connectivity index (χ0v) is 12.0. The minimum absolute atomic E-state index is 0.0383. The second-order valence-electron chi connectivity index (χ2n) is 5.23. The number of rotatable bonds is 4. The number of hydrogen-bond acceptors (Lipinski definition) is 4. The summed E-state index contributed by atoms with van der Waals surface area (Å²) in [7, 11) is 0. The normalized spacial score (nSPS) is 14.2. The van der Waals surface area contributed by atoms with Crippen molar-refractivity contribution < 1.29 is 4.79 Å². The highest BCUT2D eigenvalue weighted by molar-refractivity contribution is 5.88. The average Bonchev–Trinajstić information content (AvgIpc) is 2.93. The number of pyridine rings is 1. The molecule has 7 heteroatoms. The minimum Gasteiger partial charge on any atom is -0.322 e. The van der Waals surface area contributed by atoms with Crippen LogP contribution in [0, 0.1) is 17.2 Å². The van der Waals surface area contributed by atoms with Gasteiger partial charge in [-0.2, -0.15) is 10.4 Å². The van der Waals surface area contributed by atoms with E-state index in [2.05, 4.69) is 21.5 Å². The van der Waals surface area contributed by atoms with Crippen molar-refractivity contribution in [1.29, 1.82) is 5.26 Å². The summed E-state index contributed by atoms with van der Waals surface area (Å²) in [6.07, 6.45) is 6.23. The number of anilines is 1. The van der Waals surface area contributed by atoms with E-state index in [9.17, 15) is 4.79 Å². The molecular weight excluding hydrogens is 280 g/mol. The van der Waals surface area contributed by atoms with E-state index in [0.29, 0.717) is 18.9 Å². The SMILES string of the molecule is N#CC1CN(C(=O)Nc2ccn(CCc3ccncc3)n2)C1. The lowest BCUT2D eigenvalue weighted by Gasteiger charge is -2.34. The van der Waals surface area contributed by atoms with Gasteiger partial charge in [0.15, 0.2) is 5.82 Å². The molecule has 1 N–H and O–H groups in total. The lowest BCUT2D eigenvalue weighted by Crippen LogP contribution is -2.51. The molecule has 7 nitrogen and oxygen atoms in total. The number of urea groups is 1. The van der Waals surface area contributed by atoms with Gasteiger partial charge in [-0.25, -0.2) is 4.79 Å². The van der Waals surface area contributed by atoms with Crippen LogP contribution in [0.25, 0.3) is 0 Å². The average molecular weight is 296 g/mol. The van der Waals surface area contributed by atoms with Gasteiger partial charge in [0.05, 0.1) is 12.0 Å². The quantitative estimate of drug-likeness (QED) is 0.926. The molecule has 2 amide bonds. The van der Waals surface area contributed by atoms with Gasteiger partial charge in [0.1, 0.15) is 0 Å². The molecule has 0 atom stereocenters. The van der Waals surface area contributed by atoms with E-state index in [1.165, 1.54) is 5.56 Å². The fourth-order valence-electron chi connectivity index (χ4n) is 2.26. The van der Waals surface area contributed by atoms with Gasteiger partial charge in [-0.3, -0.25) is 15.0 Å². The predicted molar refractivity (Wildman–Crippen MR) is 79.9 cm³/mol. The molecule has 2 aromatic heterocycles. The number of nitrogens with zero attached hydrogens (tertiary/aromatic N) is 5. The summed E-state index contributed by atoms with van der Waals surface area (Å²) in [6.45, 7) is 1.72. The molecule has 0 aliphatic carbocycles. The Morgan fingerprint density at radius 3 is 2.86 bits per heavy atom. The van der Waals surface area contributed by atoms with E-state index in [1.807, 2.05) is 18.3 Å². The molecule has 1 fully saturated rings. The molecule has 0 radical (unpaired) electrons. The smallest absolute Gasteiger partial charge is 0.322 e. The summed E-state index contributed by atoms with van der Waals surface area (Å²) in [6, 6.07) is 7.66. The predicted octanol–water partition coefficient (Wildman–Crippen LogP) is 1.51. The van der Waals surface area contributed by atoms with Crippen LogP contribution in [0.1, 0.15) is 5.56 Å². The molecule has 2 aromatic rings. The molecule has 1 aliphatic heterocycles. The molecule has 0 saturated carbocycles. The fourth-order valence-corrected chi connectivity index (χ4v) is 2.26. The van der Waals surface area contributed by atoms with E-state index in [4.69, 9.17) is 5.26 Å². The van der Waals surface area contributed by atoms with Gasteiger partial charge in [-0.15, -0.1) is 0 Å². The Morgan fingerprint density at radius 2 is 2.14 bits per heavy atom. The summed E-state index contributed by atoms with van der Waals surface area (Å²) in [5.74, 6) is 0.490. The highest BCUT2D eigenvalue weighted by Gasteiger charge is 2.30. The Hall–Kier alpha value is -2.88.